The lowest BCUT2D eigenvalue weighted by Gasteiger charge is -2.26. The lowest BCUT2D eigenvalue weighted by atomic mass is 9.94. The molecule has 0 amide bonds. The molecular weight excluding hydrogens is 269 g/mol. The first-order valence-electron chi connectivity index (χ1n) is 6.82. The summed E-state index contributed by atoms with van der Waals surface area (Å²) in [4.78, 5) is 0. The van der Waals surface area contributed by atoms with Gasteiger partial charge in [-0.2, -0.15) is 5.26 Å². The van der Waals surface area contributed by atoms with E-state index in [9.17, 15) is 4.39 Å². The van der Waals surface area contributed by atoms with Crippen molar-refractivity contribution in [1.29, 1.82) is 5.26 Å². The molecule has 1 unspecified atom stereocenters. The molecule has 21 heavy (non-hydrogen) atoms. The van der Waals surface area contributed by atoms with Crippen molar-refractivity contribution in [2.75, 3.05) is 13.2 Å². The van der Waals surface area contributed by atoms with Crippen molar-refractivity contribution < 1.29 is 13.9 Å². The molecule has 0 N–H and O–H groups in total. The van der Waals surface area contributed by atoms with Gasteiger partial charge in [-0.3, -0.25) is 0 Å². The van der Waals surface area contributed by atoms with Crippen molar-refractivity contribution >= 4 is 0 Å². The van der Waals surface area contributed by atoms with Crippen molar-refractivity contribution in [2.24, 2.45) is 0 Å². The lowest BCUT2D eigenvalue weighted by Crippen LogP contribution is -2.19. The summed E-state index contributed by atoms with van der Waals surface area (Å²) in [6, 6.07) is 14.1. The van der Waals surface area contributed by atoms with Gasteiger partial charge >= 0.3 is 0 Å². The van der Waals surface area contributed by atoms with E-state index in [0.717, 1.165) is 17.7 Å². The maximum atomic E-state index is 13.5. The summed E-state index contributed by atoms with van der Waals surface area (Å²) in [7, 11) is 0. The maximum Gasteiger partial charge on any atom is 0.144 e. The highest BCUT2D eigenvalue weighted by molar-refractivity contribution is 5.44. The number of rotatable bonds is 3. The number of nitrogens with zero attached hydrogens (tertiary/aromatic N) is 1. The minimum absolute atomic E-state index is 0.0437. The molecule has 0 fully saturated rings. The first kappa shape index (κ1) is 13.4. The predicted octanol–water partition coefficient (Wildman–Crippen LogP) is 3.64. The summed E-state index contributed by atoms with van der Waals surface area (Å²) in [6.45, 7) is 1.04. The third kappa shape index (κ3) is 2.68. The van der Waals surface area contributed by atoms with Gasteiger partial charge in [0.1, 0.15) is 28.9 Å². The molecule has 106 valence electrons. The second-order valence-electron chi connectivity index (χ2n) is 4.91. The molecule has 3 rings (SSSR count). The van der Waals surface area contributed by atoms with Crippen LogP contribution in [-0.2, 0) is 0 Å². The molecule has 0 bridgehead atoms. The van der Waals surface area contributed by atoms with Gasteiger partial charge in [-0.15, -0.1) is 0 Å². The quantitative estimate of drug-likeness (QED) is 0.863. The van der Waals surface area contributed by atoms with Crippen molar-refractivity contribution in [3.05, 3.63) is 59.4 Å². The molecule has 0 radical (unpaired) electrons. The smallest absolute Gasteiger partial charge is 0.144 e. The molecule has 4 heteroatoms. The van der Waals surface area contributed by atoms with E-state index in [0.29, 0.717) is 19.0 Å². The van der Waals surface area contributed by atoms with E-state index in [2.05, 4.69) is 0 Å². The fourth-order valence-corrected chi connectivity index (χ4v) is 2.51. The van der Waals surface area contributed by atoms with Crippen LogP contribution in [-0.4, -0.2) is 13.2 Å². The third-order valence-electron chi connectivity index (χ3n) is 3.61. The Morgan fingerprint density at radius 3 is 2.95 bits per heavy atom. The van der Waals surface area contributed by atoms with Crippen molar-refractivity contribution in [2.45, 2.75) is 12.3 Å². The minimum Gasteiger partial charge on any atom is -0.493 e. The van der Waals surface area contributed by atoms with Gasteiger partial charge in [0, 0.05) is 11.5 Å². The molecule has 1 heterocycles. The predicted molar refractivity (Wildman–Crippen MR) is 75.9 cm³/mol. The Morgan fingerprint density at radius 1 is 1.24 bits per heavy atom. The Bertz CT molecular complexity index is 693. The van der Waals surface area contributed by atoms with E-state index >= 15 is 0 Å². The van der Waals surface area contributed by atoms with E-state index < -0.39 is 5.82 Å². The Balaban J connectivity index is 1.78. The number of benzene rings is 2. The van der Waals surface area contributed by atoms with E-state index in [-0.39, 0.29) is 11.5 Å². The van der Waals surface area contributed by atoms with Crippen LogP contribution in [0.15, 0.2) is 42.5 Å². The Hall–Kier alpha value is -2.54. The van der Waals surface area contributed by atoms with Gasteiger partial charge in [-0.05, 0) is 24.6 Å². The van der Waals surface area contributed by atoms with Crippen LogP contribution in [0.1, 0.15) is 23.5 Å². The van der Waals surface area contributed by atoms with Crippen LogP contribution in [0.2, 0.25) is 0 Å². The van der Waals surface area contributed by atoms with E-state index in [1.165, 1.54) is 6.07 Å². The molecule has 2 aromatic rings. The fourth-order valence-electron chi connectivity index (χ4n) is 2.51. The molecule has 0 aromatic heterocycles. The van der Waals surface area contributed by atoms with Gasteiger partial charge in [0.15, 0.2) is 0 Å². The summed E-state index contributed by atoms with van der Waals surface area (Å²) >= 11 is 0. The molecule has 0 saturated carbocycles. The zero-order valence-corrected chi connectivity index (χ0v) is 11.4. The van der Waals surface area contributed by atoms with E-state index in [1.54, 1.807) is 12.1 Å². The number of fused-ring (bicyclic) bond motifs is 1. The first-order valence-corrected chi connectivity index (χ1v) is 6.82. The number of nitriles is 1. The summed E-state index contributed by atoms with van der Waals surface area (Å²) in [5.74, 6) is 0.797. The van der Waals surface area contributed by atoms with Gasteiger partial charge in [0.05, 0.1) is 13.2 Å². The minimum atomic E-state index is -0.553. The molecule has 1 aliphatic rings. The molecule has 2 aromatic carbocycles. The number of hydrogen-bond donors (Lipinski definition) is 0. The highest BCUT2D eigenvalue weighted by atomic mass is 19.1. The van der Waals surface area contributed by atoms with Crippen molar-refractivity contribution in [3.8, 4) is 17.6 Å². The summed E-state index contributed by atoms with van der Waals surface area (Å²) in [6.07, 6.45) is 0.841. The largest absolute Gasteiger partial charge is 0.493 e. The second-order valence-corrected chi connectivity index (χ2v) is 4.91. The Kier molecular flexibility index (Phi) is 3.74. The SMILES string of the molecule is N#Cc1c(F)cccc1OCC1CCOc2ccccc21. The molecular formula is C17H14FNO2. The number of para-hydroxylation sites is 1. The van der Waals surface area contributed by atoms with Gasteiger partial charge in [-0.1, -0.05) is 24.3 Å². The van der Waals surface area contributed by atoms with Crippen LogP contribution in [0.25, 0.3) is 0 Å². The molecule has 0 aliphatic carbocycles. The summed E-state index contributed by atoms with van der Waals surface area (Å²) in [5.41, 5.74) is 1.05. The fraction of sp³-hybridized carbons (Fsp3) is 0.235. The van der Waals surface area contributed by atoms with Gasteiger partial charge in [0.25, 0.3) is 0 Å². The molecule has 0 saturated heterocycles. The van der Waals surface area contributed by atoms with Crippen LogP contribution in [0.3, 0.4) is 0 Å². The highest BCUT2D eigenvalue weighted by Gasteiger charge is 2.22. The normalized spacial score (nSPS) is 16.5. The standard InChI is InChI=1S/C17H14FNO2/c18-15-5-3-7-17(14(15)10-19)21-11-12-8-9-20-16-6-2-1-4-13(12)16/h1-7,12H,8-9,11H2. The number of hydrogen-bond acceptors (Lipinski definition) is 3. The molecule has 0 spiro atoms. The maximum absolute atomic E-state index is 13.5. The zero-order valence-electron chi connectivity index (χ0n) is 11.4. The van der Waals surface area contributed by atoms with Crippen LogP contribution < -0.4 is 9.47 Å². The second kappa shape index (κ2) is 5.84. The monoisotopic (exact) mass is 283 g/mol. The zero-order chi connectivity index (χ0) is 14.7. The first-order chi connectivity index (χ1) is 10.3. The van der Waals surface area contributed by atoms with Gasteiger partial charge in [0.2, 0.25) is 0 Å². The van der Waals surface area contributed by atoms with E-state index in [4.69, 9.17) is 14.7 Å². The topological polar surface area (TPSA) is 42.2 Å². The average molecular weight is 283 g/mol. The highest BCUT2D eigenvalue weighted by Crippen LogP contribution is 2.34. The van der Waals surface area contributed by atoms with Crippen molar-refractivity contribution in [1.82, 2.24) is 0 Å². The Labute approximate surface area is 122 Å². The van der Waals surface area contributed by atoms with Crippen LogP contribution in [0, 0.1) is 17.1 Å². The van der Waals surface area contributed by atoms with Crippen LogP contribution in [0.5, 0.6) is 11.5 Å². The Morgan fingerprint density at radius 2 is 2.10 bits per heavy atom. The number of ether oxygens (including phenoxy) is 2. The molecule has 3 nitrogen and oxygen atoms in total. The van der Waals surface area contributed by atoms with Gasteiger partial charge in [-0.25, -0.2) is 4.39 Å². The van der Waals surface area contributed by atoms with Crippen molar-refractivity contribution in [3.63, 3.8) is 0 Å². The summed E-state index contributed by atoms with van der Waals surface area (Å²) < 4.78 is 24.8. The molecule has 1 aliphatic heterocycles. The molecule has 1 atom stereocenters. The van der Waals surface area contributed by atoms with Gasteiger partial charge < -0.3 is 9.47 Å². The number of halogens is 1. The van der Waals surface area contributed by atoms with E-state index in [1.807, 2.05) is 30.3 Å². The average Bonchev–Trinajstić information content (AvgIpc) is 2.53. The van der Waals surface area contributed by atoms with Crippen LogP contribution >= 0.6 is 0 Å². The lowest BCUT2D eigenvalue weighted by molar-refractivity contribution is 0.217. The van der Waals surface area contributed by atoms with Crippen LogP contribution in [0.4, 0.5) is 4.39 Å². The summed E-state index contributed by atoms with van der Waals surface area (Å²) in [5, 5.41) is 9.00. The third-order valence-corrected chi connectivity index (χ3v) is 3.61.